The average molecular weight is 473 g/mol. The van der Waals surface area contributed by atoms with Crippen molar-refractivity contribution in [3.05, 3.63) is 47.5 Å². The van der Waals surface area contributed by atoms with Gasteiger partial charge in [-0.25, -0.2) is 4.79 Å². The standard InChI is InChI=1S/C23H28N4O5S/c1-26-9-11-27(12-10-26)19-8-5-15(22(29)32-4)13-18(19)24-23(33)25-21(28)17-7-6-16(30-2)14-20(17)31-3/h5-8,13-14H,9-12H2,1-4H3,(H2,24,25,28,33). The molecule has 0 saturated carbocycles. The van der Waals surface area contributed by atoms with Crippen molar-refractivity contribution < 1.29 is 23.8 Å². The number of rotatable bonds is 6. The van der Waals surface area contributed by atoms with E-state index in [1.165, 1.54) is 21.3 Å². The lowest BCUT2D eigenvalue weighted by Crippen LogP contribution is -2.45. The largest absolute Gasteiger partial charge is 0.497 e. The number of amides is 1. The van der Waals surface area contributed by atoms with Gasteiger partial charge in [0, 0.05) is 32.2 Å². The van der Waals surface area contributed by atoms with Crippen LogP contribution in [-0.2, 0) is 4.74 Å². The summed E-state index contributed by atoms with van der Waals surface area (Å²) in [6, 6.07) is 10.1. The first-order valence-corrected chi connectivity index (χ1v) is 10.8. The van der Waals surface area contributed by atoms with Crippen LogP contribution in [0.1, 0.15) is 20.7 Å². The molecule has 1 aliphatic rings. The molecule has 1 fully saturated rings. The molecule has 0 bridgehead atoms. The molecule has 0 aromatic heterocycles. The van der Waals surface area contributed by atoms with E-state index in [9.17, 15) is 9.59 Å². The first kappa shape index (κ1) is 24.3. The van der Waals surface area contributed by atoms with Crippen LogP contribution in [0.2, 0.25) is 0 Å². The van der Waals surface area contributed by atoms with Crippen molar-refractivity contribution in [2.24, 2.45) is 0 Å². The number of esters is 1. The van der Waals surface area contributed by atoms with Crippen LogP contribution in [0.5, 0.6) is 11.5 Å². The van der Waals surface area contributed by atoms with Crippen LogP contribution < -0.4 is 25.0 Å². The number of thiocarbonyl (C=S) groups is 1. The number of ether oxygens (including phenoxy) is 3. The maximum atomic E-state index is 12.8. The Morgan fingerprint density at radius 3 is 2.33 bits per heavy atom. The number of carbonyl (C=O) groups is 2. The summed E-state index contributed by atoms with van der Waals surface area (Å²) in [6.45, 7) is 3.48. The molecule has 33 heavy (non-hydrogen) atoms. The van der Waals surface area contributed by atoms with E-state index in [1.807, 2.05) is 6.07 Å². The summed E-state index contributed by atoms with van der Waals surface area (Å²) in [4.78, 5) is 29.3. The molecule has 2 aromatic rings. The van der Waals surface area contributed by atoms with Crippen LogP contribution in [0.4, 0.5) is 11.4 Å². The van der Waals surface area contributed by atoms with Gasteiger partial charge in [0.1, 0.15) is 11.5 Å². The Labute approximate surface area is 198 Å². The third-order valence-corrected chi connectivity index (χ3v) is 5.59. The Morgan fingerprint density at radius 1 is 0.970 bits per heavy atom. The van der Waals surface area contributed by atoms with Crippen molar-refractivity contribution in [2.45, 2.75) is 0 Å². The Hall–Kier alpha value is -3.37. The molecule has 1 heterocycles. The maximum absolute atomic E-state index is 12.8. The number of piperazine rings is 1. The lowest BCUT2D eigenvalue weighted by molar-refractivity contribution is 0.0600. The highest BCUT2D eigenvalue weighted by Crippen LogP contribution is 2.29. The molecule has 0 unspecified atom stereocenters. The third kappa shape index (κ3) is 5.91. The minimum Gasteiger partial charge on any atom is -0.497 e. The van der Waals surface area contributed by atoms with Gasteiger partial charge in [-0.1, -0.05) is 0 Å². The van der Waals surface area contributed by atoms with Crippen LogP contribution in [0.15, 0.2) is 36.4 Å². The molecular weight excluding hydrogens is 444 g/mol. The average Bonchev–Trinajstić information content (AvgIpc) is 2.83. The zero-order valence-electron chi connectivity index (χ0n) is 19.1. The number of nitrogens with one attached hydrogen (secondary N) is 2. The number of hydrogen-bond donors (Lipinski definition) is 2. The van der Waals surface area contributed by atoms with Gasteiger partial charge in [0.05, 0.1) is 43.8 Å². The Kier molecular flexibility index (Phi) is 8.07. The summed E-state index contributed by atoms with van der Waals surface area (Å²) >= 11 is 5.41. The van der Waals surface area contributed by atoms with Crippen molar-refractivity contribution in [2.75, 3.05) is 64.8 Å². The third-order valence-electron chi connectivity index (χ3n) is 5.39. The van der Waals surface area contributed by atoms with Gasteiger partial charge in [-0.3, -0.25) is 10.1 Å². The maximum Gasteiger partial charge on any atom is 0.337 e. The zero-order valence-corrected chi connectivity index (χ0v) is 20.0. The van der Waals surface area contributed by atoms with Crippen LogP contribution in [0, 0.1) is 0 Å². The fourth-order valence-electron chi connectivity index (χ4n) is 3.51. The molecule has 0 radical (unpaired) electrons. The van der Waals surface area contributed by atoms with Gasteiger partial charge >= 0.3 is 5.97 Å². The molecule has 0 atom stereocenters. The Morgan fingerprint density at radius 2 is 1.70 bits per heavy atom. The number of likely N-dealkylation sites (N-methyl/N-ethyl adjacent to an activating group) is 1. The van der Waals surface area contributed by atoms with E-state index in [4.69, 9.17) is 26.4 Å². The Bertz CT molecular complexity index is 1040. The smallest absolute Gasteiger partial charge is 0.337 e. The summed E-state index contributed by atoms with van der Waals surface area (Å²) in [5.41, 5.74) is 2.18. The summed E-state index contributed by atoms with van der Waals surface area (Å²) in [7, 11) is 6.42. The summed E-state index contributed by atoms with van der Waals surface area (Å²) in [6.07, 6.45) is 0. The zero-order chi connectivity index (χ0) is 24.0. The van der Waals surface area contributed by atoms with Crippen molar-refractivity contribution in [3.8, 4) is 11.5 Å². The highest BCUT2D eigenvalue weighted by atomic mass is 32.1. The van der Waals surface area contributed by atoms with E-state index >= 15 is 0 Å². The first-order chi connectivity index (χ1) is 15.9. The quantitative estimate of drug-likeness (QED) is 0.486. The van der Waals surface area contributed by atoms with Crippen molar-refractivity contribution in [1.29, 1.82) is 0 Å². The molecule has 1 aliphatic heterocycles. The van der Waals surface area contributed by atoms with Crippen molar-refractivity contribution in [3.63, 3.8) is 0 Å². The molecule has 10 heteroatoms. The summed E-state index contributed by atoms with van der Waals surface area (Å²) < 4.78 is 15.3. The van der Waals surface area contributed by atoms with E-state index < -0.39 is 11.9 Å². The lowest BCUT2D eigenvalue weighted by atomic mass is 10.1. The summed E-state index contributed by atoms with van der Waals surface area (Å²) in [5, 5.41) is 5.84. The molecule has 9 nitrogen and oxygen atoms in total. The van der Waals surface area contributed by atoms with E-state index in [2.05, 4.69) is 27.5 Å². The number of carbonyl (C=O) groups excluding carboxylic acids is 2. The monoisotopic (exact) mass is 472 g/mol. The van der Waals surface area contributed by atoms with Crippen LogP contribution >= 0.6 is 12.2 Å². The summed E-state index contributed by atoms with van der Waals surface area (Å²) in [5.74, 6) is 0.0409. The molecule has 3 rings (SSSR count). The first-order valence-electron chi connectivity index (χ1n) is 10.4. The van der Waals surface area contributed by atoms with E-state index in [0.29, 0.717) is 28.3 Å². The molecular formula is C23H28N4O5S. The van der Waals surface area contributed by atoms with Gasteiger partial charge in [0.15, 0.2) is 5.11 Å². The molecule has 1 saturated heterocycles. The molecule has 0 spiro atoms. The molecule has 0 aliphatic carbocycles. The molecule has 176 valence electrons. The lowest BCUT2D eigenvalue weighted by Gasteiger charge is -2.35. The van der Waals surface area contributed by atoms with Gasteiger partial charge in [-0.2, -0.15) is 0 Å². The van der Waals surface area contributed by atoms with Crippen LogP contribution in [0.3, 0.4) is 0 Å². The molecule has 1 amide bonds. The van der Waals surface area contributed by atoms with Crippen LogP contribution in [-0.4, -0.2) is 76.4 Å². The molecule has 2 N–H and O–H groups in total. The predicted molar refractivity (Wildman–Crippen MR) is 131 cm³/mol. The number of methoxy groups -OCH3 is 3. The van der Waals surface area contributed by atoms with Gasteiger partial charge in [0.25, 0.3) is 5.91 Å². The van der Waals surface area contributed by atoms with Crippen LogP contribution in [0.25, 0.3) is 0 Å². The fourth-order valence-corrected chi connectivity index (χ4v) is 3.72. The van der Waals surface area contributed by atoms with Gasteiger partial charge in [0.2, 0.25) is 0 Å². The number of anilines is 2. The van der Waals surface area contributed by atoms with Crippen molar-refractivity contribution >= 4 is 40.6 Å². The van der Waals surface area contributed by atoms with Crippen molar-refractivity contribution in [1.82, 2.24) is 10.2 Å². The minimum atomic E-state index is -0.457. The second-order valence-electron chi connectivity index (χ2n) is 7.49. The van der Waals surface area contributed by atoms with E-state index in [0.717, 1.165) is 31.9 Å². The van der Waals surface area contributed by atoms with Gasteiger partial charge in [-0.05, 0) is 49.6 Å². The number of benzene rings is 2. The molecule has 2 aromatic carbocycles. The topological polar surface area (TPSA) is 92.4 Å². The minimum absolute atomic E-state index is 0.0928. The normalized spacial score (nSPS) is 13.8. The van der Waals surface area contributed by atoms with E-state index in [1.54, 1.807) is 30.3 Å². The number of nitrogens with zero attached hydrogens (tertiary/aromatic N) is 2. The second-order valence-corrected chi connectivity index (χ2v) is 7.90. The van der Waals surface area contributed by atoms with Gasteiger partial charge in [-0.15, -0.1) is 0 Å². The van der Waals surface area contributed by atoms with E-state index in [-0.39, 0.29) is 5.11 Å². The Balaban J connectivity index is 1.81. The van der Waals surface area contributed by atoms with Gasteiger partial charge < -0.3 is 29.3 Å². The fraction of sp³-hybridized carbons (Fsp3) is 0.348. The predicted octanol–water partition coefficient (Wildman–Crippen LogP) is 2.37. The SMILES string of the molecule is COC(=O)c1ccc(N2CCN(C)CC2)c(NC(=S)NC(=O)c2ccc(OC)cc2OC)c1. The highest BCUT2D eigenvalue weighted by Gasteiger charge is 2.20. The highest BCUT2D eigenvalue weighted by molar-refractivity contribution is 7.80. The second kappa shape index (κ2) is 11.0. The number of hydrogen-bond acceptors (Lipinski definition) is 8.